The first-order valence-corrected chi connectivity index (χ1v) is 8.81. The summed E-state index contributed by atoms with van der Waals surface area (Å²) >= 11 is 1.47. The number of amides is 1. The molecule has 0 aliphatic rings. The Morgan fingerprint density at radius 3 is 2.19 bits per heavy atom. The van der Waals surface area contributed by atoms with Crippen molar-refractivity contribution in [1.82, 2.24) is 0 Å². The van der Waals surface area contributed by atoms with E-state index in [1.807, 2.05) is 31.2 Å². The lowest BCUT2D eigenvalue weighted by molar-refractivity contribution is -0.139. The Morgan fingerprint density at radius 2 is 1.65 bits per heavy atom. The van der Waals surface area contributed by atoms with Crippen LogP contribution in [0.2, 0.25) is 0 Å². The number of rotatable bonds is 8. The van der Waals surface area contributed by atoms with Crippen LogP contribution in [0.15, 0.2) is 53.4 Å². The number of ether oxygens (including phenoxy) is 2. The number of methoxy groups -OCH3 is 1. The van der Waals surface area contributed by atoms with E-state index in [4.69, 9.17) is 14.6 Å². The molecule has 1 unspecified atom stereocenters. The van der Waals surface area contributed by atoms with Crippen LogP contribution in [0.25, 0.3) is 0 Å². The Bertz CT molecular complexity index is 746. The van der Waals surface area contributed by atoms with Crippen LogP contribution in [-0.2, 0) is 9.59 Å². The number of carboxylic acid groups (broad SMARTS) is 1. The zero-order chi connectivity index (χ0) is 19.1. The lowest BCUT2D eigenvalue weighted by Crippen LogP contribution is -2.33. The second-order valence-electron chi connectivity index (χ2n) is 5.51. The molecule has 2 rings (SSSR count). The summed E-state index contributed by atoms with van der Waals surface area (Å²) in [7, 11) is 3.32. The fourth-order valence-corrected chi connectivity index (χ4v) is 3.18. The Labute approximate surface area is 156 Å². The van der Waals surface area contributed by atoms with Crippen molar-refractivity contribution in [2.75, 3.05) is 25.7 Å². The summed E-state index contributed by atoms with van der Waals surface area (Å²) in [4.78, 5) is 25.7. The number of carboxylic acids is 1. The van der Waals surface area contributed by atoms with E-state index < -0.39 is 12.6 Å². The molecule has 1 atom stereocenters. The number of hydrogen-bond donors (Lipinski definition) is 1. The minimum Gasteiger partial charge on any atom is -0.497 e. The summed E-state index contributed by atoms with van der Waals surface area (Å²) in [5.74, 6) is 0.143. The van der Waals surface area contributed by atoms with Crippen molar-refractivity contribution in [3.05, 3.63) is 48.5 Å². The smallest absolute Gasteiger partial charge is 0.341 e. The van der Waals surface area contributed by atoms with Gasteiger partial charge in [-0.2, -0.15) is 0 Å². The Balaban J connectivity index is 1.97. The van der Waals surface area contributed by atoms with E-state index in [2.05, 4.69) is 0 Å². The van der Waals surface area contributed by atoms with Crippen molar-refractivity contribution >= 4 is 29.3 Å². The number of thioether (sulfide) groups is 1. The molecule has 0 aromatic heterocycles. The normalized spacial score (nSPS) is 11.5. The van der Waals surface area contributed by atoms with E-state index in [-0.39, 0.29) is 11.2 Å². The highest BCUT2D eigenvalue weighted by molar-refractivity contribution is 8.00. The van der Waals surface area contributed by atoms with Gasteiger partial charge < -0.3 is 19.5 Å². The first kappa shape index (κ1) is 19.7. The van der Waals surface area contributed by atoms with Gasteiger partial charge in [-0.15, -0.1) is 11.8 Å². The number of aliphatic carboxylic acids is 1. The highest BCUT2D eigenvalue weighted by Crippen LogP contribution is 2.28. The van der Waals surface area contributed by atoms with Gasteiger partial charge in [0, 0.05) is 17.6 Å². The SMILES string of the molecule is COc1ccc(SC(C)C(=O)N(C)c2ccc(OCC(=O)O)cc2)cc1. The van der Waals surface area contributed by atoms with Crippen LogP contribution >= 0.6 is 11.8 Å². The second kappa shape index (κ2) is 9.15. The molecule has 7 heteroatoms. The molecule has 2 aromatic carbocycles. The average Bonchev–Trinajstić information content (AvgIpc) is 2.66. The summed E-state index contributed by atoms with van der Waals surface area (Å²) in [6.07, 6.45) is 0. The first-order chi connectivity index (χ1) is 12.4. The molecule has 0 bridgehead atoms. The molecule has 0 radical (unpaired) electrons. The predicted molar refractivity (Wildman–Crippen MR) is 101 cm³/mol. The number of hydrogen-bond acceptors (Lipinski definition) is 5. The lowest BCUT2D eigenvalue weighted by atomic mass is 10.2. The van der Waals surface area contributed by atoms with E-state index in [9.17, 15) is 9.59 Å². The largest absolute Gasteiger partial charge is 0.497 e. The van der Waals surface area contributed by atoms with Gasteiger partial charge in [0.15, 0.2) is 6.61 Å². The van der Waals surface area contributed by atoms with E-state index in [0.717, 1.165) is 10.6 Å². The molecule has 26 heavy (non-hydrogen) atoms. The monoisotopic (exact) mass is 375 g/mol. The van der Waals surface area contributed by atoms with Crippen molar-refractivity contribution in [3.8, 4) is 11.5 Å². The zero-order valence-corrected chi connectivity index (χ0v) is 15.7. The molecule has 138 valence electrons. The van der Waals surface area contributed by atoms with Crippen LogP contribution in [0.4, 0.5) is 5.69 Å². The Hall–Kier alpha value is -2.67. The Morgan fingerprint density at radius 1 is 1.08 bits per heavy atom. The van der Waals surface area contributed by atoms with Crippen molar-refractivity contribution < 1.29 is 24.2 Å². The summed E-state index contributed by atoms with van der Waals surface area (Å²) in [6.45, 7) is 1.46. The highest BCUT2D eigenvalue weighted by Gasteiger charge is 2.20. The van der Waals surface area contributed by atoms with Gasteiger partial charge >= 0.3 is 5.97 Å². The Kier molecular flexibility index (Phi) is 6.91. The molecular weight excluding hydrogens is 354 g/mol. The van der Waals surface area contributed by atoms with Gasteiger partial charge in [0.05, 0.1) is 12.4 Å². The highest BCUT2D eigenvalue weighted by atomic mass is 32.2. The molecule has 0 spiro atoms. The topological polar surface area (TPSA) is 76.1 Å². The quantitative estimate of drug-likeness (QED) is 0.714. The van der Waals surface area contributed by atoms with Gasteiger partial charge in [0.25, 0.3) is 0 Å². The van der Waals surface area contributed by atoms with Gasteiger partial charge in [-0.3, -0.25) is 4.79 Å². The van der Waals surface area contributed by atoms with Crippen LogP contribution < -0.4 is 14.4 Å². The third-order valence-electron chi connectivity index (χ3n) is 3.64. The molecule has 1 N–H and O–H groups in total. The molecule has 0 heterocycles. The predicted octanol–water partition coefficient (Wildman–Crippen LogP) is 3.30. The van der Waals surface area contributed by atoms with Crippen LogP contribution in [0.1, 0.15) is 6.92 Å². The lowest BCUT2D eigenvalue weighted by Gasteiger charge is -2.21. The molecule has 0 saturated heterocycles. The van der Waals surface area contributed by atoms with E-state index in [1.54, 1.807) is 43.3 Å². The van der Waals surface area contributed by atoms with E-state index >= 15 is 0 Å². The molecule has 0 fully saturated rings. The van der Waals surface area contributed by atoms with Crippen molar-refractivity contribution in [2.24, 2.45) is 0 Å². The third-order valence-corrected chi connectivity index (χ3v) is 4.74. The molecule has 1 amide bonds. The fourth-order valence-electron chi connectivity index (χ4n) is 2.22. The minimum absolute atomic E-state index is 0.0370. The average molecular weight is 375 g/mol. The van der Waals surface area contributed by atoms with Gasteiger partial charge in [0.2, 0.25) is 5.91 Å². The van der Waals surface area contributed by atoms with Crippen molar-refractivity contribution in [2.45, 2.75) is 17.1 Å². The first-order valence-electron chi connectivity index (χ1n) is 7.93. The van der Waals surface area contributed by atoms with Gasteiger partial charge in [-0.05, 0) is 55.5 Å². The third kappa shape index (κ3) is 5.42. The maximum atomic E-state index is 12.6. The molecular formula is C19H21NO5S. The summed E-state index contributed by atoms with van der Waals surface area (Å²) in [5.41, 5.74) is 0.708. The second-order valence-corrected chi connectivity index (χ2v) is 6.92. The summed E-state index contributed by atoms with van der Waals surface area (Å²) in [5, 5.41) is 8.35. The molecule has 0 saturated carbocycles. The maximum Gasteiger partial charge on any atom is 0.341 e. The van der Waals surface area contributed by atoms with Crippen molar-refractivity contribution in [1.29, 1.82) is 0 Å². The maximum absolute atomic E-state index is 12.6. The van der Waals surface area contributed by atoms with Crippen LogP contribution in [0, 0.1) is 0 Å². The van der Waals surface area contributed by atoms with E-state index in [0.29, 0.717) is 11.4 Å². The number of carbonyl (C=O) groups excluding carboxylic acids is 1. The van der Waals surface area contributed by atoms with Gasteiger partial charge in [-0.25, -0.2) is 4.79 Å². The number of benzene rings is 2. The molecule has 0 aliphatic heterocycles. The standard InChI is InChI=1S/C19H21NO5S/c1-13(26-17-10-8-15(24-3)9-11-17)19(23)20(2)14-4-6-16(7-5-14)25-12-18(21)22/h4-11,13H,12H2,1-3H3,(H,21,22). The molecule has 0 aliphatic carbocycles. The number of anilines is 1. The fraction of sp³-hybridized carbons (Fsp3) is 0.263. The van der Waals surface area contributed by atoms with Crippen LogP contribution in [0.3, 0.4) is 0 Å². The molecule has 2 aromatic rings. The molecule has 6 nitrogen and oxygen atoms in total. The van der Waals surface area contributed by atoms with E-state index in [1.165, 1.54) is 11.8 Å². The number of nitrogens with zero attached hydrogens (tertiary/aromatic N) is 1. The summed E-state index contributed by atoms with van der Waals surface area (Å²) < 4.78 is 10.2. The summed E-state index contributed by atoms with van der Waals surface area (Å²) in [6, 6.07) is 14.3. The zero-order valence-electron chi connectivity index (χ0n) is 14.8. The van der Waals surface area contributed by atoms with Crippen molar-refractivity contribution in [3.63, 3.8) is 0 Å². The van der Waals surface area contributed by atoms with Gasteiger partial charge in [-0.1, -0.05) is 0 Å². The minimum atomic E-state index is -1.04. The van der Waals surface area contributed by atoms with Gasteiger partial charge in [0.1, 0.15) is 11.5 Å². The van der Waals surface area contributed by atoms with Crippen LogP contribution in [0.5, 0.6) is 11.5 Å². The number of carbonyl (C=O) groups is 2. The van der Waals surface area contributed by atoms with Crippen LogP contribution in [-0.4, -0.2) is 43.0 Å².